The highest BCUT2D eigenvalue weighted by Crippen LogP contribution is 2.30. The predicted molar refractivity (Wildman–Crippen MR) is 148 cm³/mol. The molecule has 8 nitrogen and oxygen atoms in total. The smallest absolute Gasteiger partial charge is 0.270 e. The SMILES string of the molecule is O=C1N[C@@H](c2ccccc2)[C@H](c2ccccc2)NC(=O)c2cccc(n2)CNC(=S)NCc2cccc1n2. The maximum absolute atomic E-state index is 13.5. The summed E-state index contributed by atoms with van der Waals surface area (Å²) in [7, 11) is 0. The van der Waals surface area contributed by atoms with Crippen LogP contribution >= 0.6 is 12.2 Å². The predicted octanol–water partition coefficient (Wildman–Crippen LogP) is 3.60. The summed E-state index contributed by atoms with van der Waals surface area (Å²) in [6.45, 7) is 0.685. The van der Waals surface area contributed by atoms with Crippen molar-refractivity contribution in [3.8, 4) is 0 Å². The van der Waals surface area contributed by atoms with Crippen molar-refractivity contribution in [1.29, 1.82) is 0 Å². The molecule has 2 aromatic heterocycles. The van der Waals surface area contributed by atoms with Crippen LogP contribution in [0.4, 0.5) is 0 Å². The third-order valence-corrected chi connectivity index (χ3v) is 6.45. The van der Waals surface area contributed by atoms with Crippen molar-refractivity contribution in [3.63, 3.8) is 0 Å². The molecule has 0 spiro atoms. The summed E-state index contributed by atoms with van der Waals surface area (Å²) < 4.78 is 0. The lowest BCUT2D eigenvalue weighted by Gasteiger charge is -2.30. The van der Waals surface area contributed by atoms with Gasteiger partial charge in [-0.1, -0.05) is 72.8 Å². The average Bonchev–Trinajstić information content (AvgIpc) is 2.97. The van der Waals surface area contributed by atoms with Gasteiger partial charge in [0.25, 0.3) is 11.8 Å². The number of pyridine rings is 2. The lowest BCUT2D eigenvalue weighted by molar-refractivity contribution is 0.0876. The van der Waals surface area contributed by atoms with Crippen molar-refractivity contribution in [1.82, 2.24) is 31.2 Å². The van der Waals surface area contributed by atoms with Crippen LogP contribution in [-0.2, 0) is 13.1 Å². The van der Waals surface area contributed by atoms with Crippen LogP contribution < -0.4 is 21.3 Å². The minimum absolute atomic E-state index is 0.264. The van der Waals surface area contributed by atoms with E-state index in [9.17, 15) is 9.59 Å². The van der Waals surface area contributed by atoms with Gasteiger partial charge in [-0.2, -0.15) is 0 Å². The summed E-state index contributed by atoms with van der Waals surface area (Å²) in [5, 5.41) is 12.9. The fraction of sp³-hybridized carbons (Fsp3) is 0.138. The largest absolute Gasteiger partial charge is 0.357 e. The van der Waals surface area contributed by atoms with Crippen molar-refractivity contribution in [2.45, 2.75) is 25.2 Å². The summed E-state index contributed by atoms with van der Waals surface area (Å²) in [6.07, 6.45) is 0. The molecule has 1 aliphatic rings. The van der Waals surface area contributed by atoms with E-state index in [1.807, 2.05) is 72.8 Å². The van der Waals surface area contributed by atoms with E-state index in [1.165, 1.54) is 0 Å². The number of aromatic nitrogens is 2. The third kappa shape index (κ3) is 6.01. The maximum Gasteiger partial charge on any atom is 0.270 e. The molecule has 2 atom stereocenters. The first-order valence-electron chi connectivity index (χ1n) is 12.2. The molecule has 0 fully saturated rings. The summed E-state index contributed by atoms with van der Waals surface area (Å²) in [5.74, 6) is -0.720. The van der Waals surface area contributed by atoms with Gasteiger partial charge in [0.2, 0.25) is 0 Å². The Labute approximate surface area is 225 Å². The second-order valence-electron chi connectivity index (χ2n) is 8.79. The molecular formula is C29H26N6O2S. The molecule has 2 aromatic carbocycles. The van der Waals surface area contributed by atoms with Crippen molar-refractivity contribution >= 4 is 29.1 Å². The molecule has 5 rings (SSSR count). The van der Waals surface area contributed by atoms with Gasteiger partial charge < -0.3 is 21.3 Å². The summed E-state index contributed by atoms with van der Waals surface area (Å²) in [4.78, 5) is 36.1. The van der Waals surface area contributed by atoms with E-state index in [0.29, 0.717) is 29.6 Å². The van der Waals surface area contributed by atoms with Crippen molar-refractivity contribution in [2.75, 3.05) is 0 Å². The van der Waals surface area contributed by atoms with Crippen LogP contribution in [0.15, 0.2) is 97.1 Å². The molecule has 38 heavy (non-hydrogen) atoms. The first-order valence-corrected chi connectivity index (χ1v) is 12.6. The number of fused-ring (bicyclic) bond motifs is 4. The van der Waals surface area contributed by atoms with Gasteiger partial charge in [0, 0.05) is 0 Å². The number of hydrogen-bond acceptors (Lipinski definition) is 5. The van der Waals surface area contributed by atoms with E-state index in [1.54, 1.807) is 24.3 Å². The summed E-state index contributed by atoms with van der Waals surface area (Å²) in [5.41, 5.74) is 3.52. The molecule has 0 radical (unpaired) electrons. The minimum atomic E-state index is -0.591. The molecular weight excluding hydrogens is 496 g/mol. The van der Waals surface area contributed by atoms with Crippen molar-refractivity contribution in [2.24, 2.45) is 0 Å². The second-order valence-corrected chi connectivity index (χ2v) is 9.20. The molecule has 4 aromatic rings. The summed E-state index contributed by atoms with van der Waals surface area (Å²) in [6, 6.07) is 28.5. The molecule has 1 aliphatic heterocycles. The lowest BCUT2D eigenvalue weighted by atomic mass is 9.92. The molecule has 0 unspecified atom stereocenters. The number of carbonyl (C=O) groups excluding carboxylic acids is 2. The Bertz CT molecular complexity index is 1340. The fourth-order valence-corrected chi connectivity index (χ4v) is 4.43. The van der Waals surface area contributed by atoms with Crippen molar-refractivity contribution in [3.05, 3.63) is 131 Å². The summed E-state index contributed by atoms with van der Waals surface area (Å²) >= 11 is 5.38. The Morgan fingerprint density at radius 2 is 1.00 bits per heavy atom. The van der Waals surface area contributed by atoms with Crippen LogP contribution in [0.2, 0.25) is 0 Å². The number of nitrogens with one attached hydrogen (secondary N) is 4. The van der Waals surface area contributed by atoms with E-state index >= 15 is 0 Å². The lowest BCUT2D eigenvalue weighted by Crippen LogP contribution is -2.41. The highest BCUT2D eigenvalue weighted by atomic mass is 32.1. The number of rotatable bonds is 2. The Balaban J connectivity index is 1.60. The zero-order chi connectivity index (χ0) is 26.3. The highest BCUT2D eigenvalue weighted by molar-refractivity contribution is 7.80. The molecule has 9 heteroatoms. The van der Waals surface area contributed by atoms with E-state index in [0.717, 1.165) is 11.1 Å². The van der Waals surface area contributed by atoms with Gasteiger partial charge in [0.15, 0.2) is 5.11 Å². The van der Waals surface area contributed by atoms with E-state index in [2.05, 4.69) is 31.2 Å². The van der Waals surface area contributed by atoms with Gasteiger partial charge in [0.05, 0.1) is 36.6 Å². The first-order chi connectivity index (χ1) is 18.6. The second kappa shape index (κ2) is 11.6. The molecule has 3 heterocycles. The Kier molecular flexibility index (Phi) is 7.65. The molecule has 2 amide bonds. The topological polar surface area (TPSA) is 108 Å². The van der Waals surface area contributed by atoms with E-state index < -0.39 is 12.1 Å². The molecule has 4 bridgehead atoms. The molecule has 4 N–H and O–H groups in total. The quantitative estimate of drug-likeness (QED) is 0.298. The normalized spacial score (nSPS) is 18.3. The number of hydrogen-bond donors (Lipinski definition) is 4. The van der Waals surface area contributed by atoms with Crippen molar-refractivity contribution < 1.29 is 9.59 Å². The monoisotopic (exact) mass is 522 g/mol. The third-order valence-electron chi connectivity index (χ3n) is 6.16. The van der Waals surface area contributed by atoms with Crippen LogP contribution in [0.25, 0.3) is 0 Å². The number of nitrogens with zero attached hydrogens (tertiary/aromatic N) is 2. The van der Waals surface area contributed by atoms with Crippen LogP contribution in [0.1, 0.15) is 55.6 Å². The van der Waals surface area contributed by atoms with E-state index in [4.69, 9.17) is 12.2 Å². The Morgan fingerprint density at radius 1 is 0.579 bits per heavy atom. The number of amides is 2. The van der Waals surface area contributed by atoms with Crippen LogP contribution in [-0.4, -0.2) is 26.9 Å². The van der Waals surface area contributed by atoms with Crippen LogP contribution in [0.5, 0.6) is 0 Å². The average molecular weight is 523 g/mol. The zero-order valence-corrected chi connectivity index (χ0v) is 21.2. The molecule has 0 aliphatic carbocycles. The van der Waals surface area contributed by atoms with Gasteiger partial charge >= 0.3 is 0 Å². The highest BCUT2D eigenvalue weighted by Gasteiger charge is 2.29. The minimum Gasteiger partial charge on any atom is -0.357 e. The maximum atomic E-state index is 13.5. The molecule has 0 saturated heterocycles. The van der Waals surface area contributed by atoms with Gasteiger partial charge in [-0.15, -0.1) is 0 Å². The van der Waals surface area contributed by atoms with Crippen LogP contribution in [0.3, 0.4) is 0 Å². The van der Waals surface area contributed by atoms with Gasteiger partial charge in [-0.25, -0.2) is 9.97 Å². The fourth-order valence-electron chi connectivity index (χ4n) is 4.28. The van der Waals surface area contributed by atoms with Gasteiger partial charge in [-0.3, -0.25) is 9.59 Å². The number of benzene rings is 2. The van der Waals surface area contributed by atoms with Crippen LogP contribution in [0, 0.1) is 0 Å². The Morgan fingerprint density at radius 3 is 1.42 bits per heavy atom. The van der Waals surface area contributed by atoms with Gasteiger partial charge in [-0.05, 0) is 47.6 Å². The molecule has 0 saturated carbocycles. The zero-order valence-electron chi connectivity index (χ0n) is 20.4. The van der Waals surface area contributed by atoms with Gasteiger partial charge in [0.1, 0.15) is 11.4 Å². The standard InChI is InChI=1S/C29H26N6O2S/c36-27-23-15-7-13-21(32-23)17-30-29(38)31-18-22-14-8-16-24(33-22)28(37)35-26(20-11-5-2-6-12-20)25(34-27)19-9-3-1-4-10-19/h1-16,25-26H,17-18H2,(H,34,36)(H,35,37)(H2,30,31,38)/t25-,26-/m0/s1. The molecule has 190 valence electrons. The number of thiocarbonyl (C=S) groups is 1. The first kappa shape index (κ1) is 25.0. The Hall–Kier alpha value is -4.63. The number of carbonyl (C=O) groups is 2. The van der Waals surface area contributed by atoms with E-state index in [-0.39, 0.29) is 23.2 Å².